The van der Waals surface area contributed by atoms with Crippen LogP contribution in [0.1, 0.15) is 13.3 Å². The molecule has 0 bridgehead atoms. The predicted molar refractivity (Wildman–Crippen MR) is 44.9 cm³/mol. The Labute approximate surface area is 72.1 Å². The van der Waals surface area contributed by atoms with Crippen LogP contribution in [0.3, 0.4) is 0 Å². The number of urea groups is 1. The number of hydrogen-bond acceptors (Lipinski definition) is 2. The van der Waals surface area contributed by atoms with E-state index in [2.05, 4.69) is 0 Å². The van der Waals surface area contributed by atoms with Crippen molar-refractivity contribution >= 4 is 11.8 Å². The molecule has 12 heavy (non-hydrogen) atoms. The minimum absolute atomic E-state index is 0.0311. The van der Waals surface area contributed by atoms with Crippen LogP contribution in [0.4, 0.5) is 4.79 Å². The second kappa shape index (κ2) is 3.56. The average molecular weight is 170 g/mol. The number of carbonyl (C=O) groups excluding carboxylic acids is 2. The fourth-order valence-electron chi connectivity index (χ4n) is 1.35. The van der Waals surface area contributed by atoms with Crippen molar-refractivity contribution in [1.82, 2.24) is 9.80 Å². The summed E-state index contributed by atoms with van der Waals surface area (Å²) < 4.78 is 0. The van der Waals surface area contributed by atoms with Gasteiger partial charge in [0.1, 0.15) is 5.78 Å². The van der Waals surface area contributed by atoms with E-state index >= 15 is 0 Å². The highest BCUT2D eigenvalue weighted by atomic mass is 16.2. The monoisotopic (exact) mass is 170 g/mol. The zero-order valence-corrected chi connectivity index (χ0v) is 7.54. The first-order chi connectivity index (χ1) is 5.61. The molecule has 2 amide bonds. The van der Waals surface area contributed by atoms with Crippen LogP contribution in [0.25, 0.3) is 0 Å². The number of Topliss-reactive ketones (excluding diaryl/α,β-unsaturated/α-hetero) is 1. The molecule has 0 aromatic rings. The summed E-state index contributed by atoms with van der Waals surface area (Å²) in [5.74, 6) is 0.0404. The van der Waals surface area contributed by atoms with Crippen molar-refractivity contribution in [3.63, 3.8) is 0 Å². The molecule has 1 aliphatic heterocycles. The SMILES string of the molecule is CC(=O)CN1CCCN(C)C1=O. The van der Waals surface area contributed by atoms with Gasteiger partial charge in [-0.25, -0.2) is 4.79 Å². The minimum Gasteiger partial charge on any atom is -0.328 e. The van der Waals surface area contributed by atoms with Crippen LogP contribution < -0.4 is 0 Å². The number of carbonyl (C=O) groups is 2. The zero-order valence-electron chi connectivity index (χ0n) is 7.54. The lowest BCUT2D eigenvalue weighted by molar-refractivity contribution is -0.117. The van der Waals surface area contributed by atoms with E-state index in [1.165, 1.54) is 6.92 Å². The van der Waals surface area contributed by atoms with Crippen LogP contribution >= 0.6 is 0 Å². The van der Waals surface area contributed by atoms with Crippen molar-refractivity contribution < 1.29 is 9.59 Å². The van der Waals surface area contributed by atoms with Crippen molar-refractivity contribution in [2.45, 2.75) is 13.3 Å². The summed E-state index contributed by atoms with van der Waals surface area (Å²) in [6.07, 6.45) is 0.954. The molecule has 4 nitrogen and oxygen atoms in total. The molecule has 0 aromatic carbocycles. The molecule has 1 heterocycles. The molecule has 1 saturated heterocycles. The fraction of sp³-hybridized carbons (Fsp3) is 0.750. The number of ketones is 1. The smallest absolute Gasteiger partial charge is 0.320 e. The summed E-state index contributed by atoms with van der Waals surface area (Å²) >= 11 is 0. The molecule has 68 valence electrons. The van der Waals surface area contributed by atoms with Gasteiger partial charge < -0.3 is 9.80 Å². The highest BCUT2D eigenvalue weighted by Gasteiger charge is 2.22. The van der Waals surface area contributed by atoms with E-state index < -0.39 is 0 Å². The van der Waals surface area contributed by atoms with Crippen molar-refractivity contribution in [2.24, 2.45) is 0 Å². The maximum atomic E-state index is 11.4. The molecule has 0 unspecified atom stereocenters. The maximum absolute atomic E-state index is 11.4. The van der Waals surface area contributed by atoms with E-state index in [9.17, 15) is 9.59 Å². The molecule has 0 N–H and O–H groups in total. The maximum Gasteiger partial charge on any atom is 0.320 e. The Morgan fingerprint density at radius 1 is 1.50 bits per heavy atom. The van der Waals surface area contributed by atoms with Crippen LogP contribution in [-0.2, 0) is 4.79 Å². The first-order valence-electron chi connectivity index (χ1n) is 4.10. The van der Waals surface area contributed by atoms with E-state index in [1.54, 1.807) is 16.8 Å². The van der Waals surface area contributed by atoms with Crippen LogP contribution in [-0.4, -0.2) is 48.3 Å². The summed E-state index contributed by atoms with van der Waals surface area (Å²) in [5, 5.41) is 0. The van der Waals surface area contributed by atoms with E-state index in [-0.39, 0.29) is 18.4 Å². The molecule has 0 radical (unpaired) electrons. The molecule has 4 heteroatoms. The van der Waals surface area contributed by atoms with Gasteiger partial charge >= 0.3 is 6.03 Å². The molecule has 1 rings (SSSR count). The first-order valence-corrected chi connectivity index (χ1v) is 4.10. The van der Waals surface area contributed by atoms with Crippen LogP contribution in [0.15, 0.2) is 0 Å². The minimum atomic E-state index is -0.0311. The number of rotatable bonds is 2. The van der Waals surface area contributed by atoms with Crippen LogP contribution in [0, 0.1) is 0 Å². The lowest BCUT2D eigenvalue weighted by Gasteiger charge is -2.32. The van der Waals surface area contributed by atoms with Gasteiger partial charge in [-0.05, 0) is 13.3 Å². The molecular weight excluding hydrogens is 156 g/mol. The van der Waals surface area contributed by atoms with Gasteiger partial charge in [-0.15, -0.1) is 0 Å². The number of nitrogens with zero attached hydrogens (tertiary/aromatic N) is 2. The van der Waals surface area contributed by atoms with Crippen LogP contribution in [0.5, 0.6) is 0 Å². The first kappa shape index (κ1) is 9.03. The predicted octanol–water partition coefficient (Wildman–Crippen LogP) is 0.333. The molecule has 0 aromatic heterocycles. The summed E-state index contributed by atoms with van der Waals surface area (Å²) in [6, 6.07) is -0.0311. The third-order valence-corrected chi connectivity index (χ3v) is 1.93. The quantitative estimate of drug-likeness (QED) is 0.599. The summed E-state index contributed by atoms with van der Waals surface area (Å²) in [7, 11) is 1.76. The third-order valence-electron chi connectivity index (χ3n) is 1.93. The Bertz CT molecular complexity index is 203. The molecule has 0 atom stereocenters. The fourth-order valence-corrected chi connectivity index (χ4v) is 1.35. The summed E-state index contributed by atoms with van der Waals surface area (Å²) in [4.78, 5) is 25.3. The molecule has 1 fully saturated rings. The van der Waals surface area contributed by atoms with Crippen molar-refractivity contribution in [2.75, 3.05) is 26.7 Å². The lowest BCUT2D eigenvalue weighted by Crippen LogP contribution is -2.48. The summed E-state index contributed by atoms with van der Waals surface area (Å²) in [5.41, 5.74) is 0. The van der Waals surface area contributed by atoms with Gasteiger partial charge in [-0.2, -0.15) is 0 Å². The molecule has 1 aliphatic rings. The number of amides is 2. The average Bonchev–Trinajstić information content (AvgIpc) is 1.98. The standard InChI is InChI=1S/C8H14N2O2/c1-7(11)6-10-5-3-4-9(2)8(10)12/h3-6H2,1-2H3. The van der Waals surface area contributed by atoms with Gasteiger partial charge in [0.05, 0.1) is 6.54 Å². The topological polar surface area (TPSA) is 40.6 Å². The van der Waals surface area contributed by atoms with E-state index in [0.29, 0.717) is 6.54 Å². The molecular formula is C8H14N2O2. The Morgan fingerprint density at radius 3 is 2.75 bits per heavy atom. The lowest BCUT2D eigenvalue weighted by atomic mass is 10.3. The zero-order chi connectivity index (χ0) is 9.14. The Kier molecular flexibility index (Phi) is 2.68. The van der Waals surface area contributed by atoms with Gasteiger partial charge in [-0.1, -0.05) is 0 Å². The highest BCUT2D eigenvalue weighted by molar-refractivity contribution is 5.84. The normalized spacial score (nSPS) is 18.3. The van der Waals surface area contributed by atoms with Gasteiger partial charge in [-0.3, -0.25) is 4.79 Å². The van der Waals surface area contributed by atoms with Crippen molar-refractivity contribution in [3.8, 4) is 0 Å². The second-order valence-electron chi connectivity index (χ2n) is 3.18. The Balaban J connectivity index is 2.52. The Morgan fingerprint density at radius 2 is 2.17 bits per heavy atom. The number of hydrogen-bond donors (Lipinski definition) is 0. The van der Waals surface area contributed by atoms with Crippen molar-refractivity contribution in [1.29, 1.82) is 0 Å². The molecule has 0 saturated carbocycles. The molecule has 0 aliphatic carbocycles. The molecule has 0 spiro atoms. The van der Waals surface area contributed by atoms with Gasteiger partial charge in [0.2, 0.25) is 0 Å². The summed E-state index contributed by atoms with van der Waals surface area (Å²) in [6.45, 7) is 3.26. The highest BCUT2D eigenvalue weighted by Crippen LogP contribution is 2.05. The second-order valence-corrected chi connectivity index (χ2v) is 3.18. The van der Waals surface area contributed by atoms with Crippen molar-refractivity contribution in [3.05, 3.63) is 0 Å². The van der Waals surface area contributed by atoms with E-state index in [0.717, 1.165) is 13.0 Å². The van der Waals surface area contributed by atoms with Crippen LogP contribution in [0.2, 0.25) is 0 Å². The van der Waals surface area contributed by atoms with Gasteiger partial charge in [0.15, 0.2) is 0 Å². The van der Waals surface area contributed by atoms with Gasteiger partial charge in [0, 0.05) is 20.1 Å². The van der Waals surface area contributed by atoms with E-state index in [4.69, 9.17) is 0 Å². The Hall–Kier alpha value is -1.06. The largest absolute Gasteiger partial charge is 0.328 e. The van der Waals surface area contributed by atoms with Gasteiger partial charge in [0.25, 0.3) is 0 Å². The third kappa shape index (κ3) is 1.96. The van der Waals surface area contributed by atoms with E-state index in [1.807, 2.05) is 0 Å².